The summed E-state index contributed by atoms with van der Waals surface area (Å²) in [7, 11) is -3.57. The Morgan fingerprint density at radius 1 is 0.875 bits per heavy atom. The standard InChI is InChI=1S/C18H13Cl2NO2S/c1-24(22,23)18-16(12-5-3-2-4-6-12)15(20)11-21-17(18)13-7-9-14(19)10-8-13/h2-11H,1H3. The van der Waals surface area contributed by atoms with E-state index in [9.17, 15) is 8.42 Å². The van der Waals surface area contributed by atoms with Crippen molar-refractivity contribution in [1.29, 1.82) is 0 Å². The summed E-state index contributed by atoms with van der Waals surface area (Å²) in [5.74, 6) is 0. The number of nitrogens with zero attached hydrogens (tertiary/aromatic N) is 1. The zero-order valence-corrected chi connectivity index (χ0v) is 15.0. The fourth-order valence-electron chi connectivity index (χ4n) is 2.52. The lowest BCUT2D eigenvalue weighted by molar-refractivity contribution is 0.602. The van der Waals surface area contributed by atoms with E-state index < -0.39 is 9.84 Å². The predicted octanol–water partition coefficient (Wildman–Crippen LogP) is 5.13. The van der Waals surface area contributed by atoms with Gasteiger partial charge in [0.15, 0.2) is 9.84 Å². The number of aromatic nitrogens is 1. The first kappa shape index (κ1) is 17.0. The monoisotopic (exact) mass is 377 g/mol. The SMILES string of the molecule is CS(=O)(=O)c1c(-c2ccc(Cl)cc2)ncc(Cl)c1-c1ccccc1. The van der Waals surface area contributed by atoms with Crippen LogP contribution in [0.4, 0.5) is 0 Å². The van der Waals surface area contributed by atoms with E-state index in [1.165, 1.54) is 6.20 Å². The molecule has 3 aromatic rings. The Hall–Kier alpha value is -1.88. The van der Waals surface area contributed by atoms with Crippen molar-refractivity contribution in [3.63, 3.8) is 0 Å². The maximum atomic E-state index is 12.5. The number of sulfone groups is 1. The van der Waals surface area contributed by atoms with Crippen LogP contribution in [-0.2, 0) is 9.84 Å². The number of hydrogen-bond acceptors (Lipinski definition) is 3. The molecular formula is C18H13Cl2NO2S. The first-order valence-corrected chi connectivity index (χ1v) is 9.72. The van der Waals surface area contributed by atoms with Crippen LogP contribution in [0, 0.1) is 0 Å². The maximum absolute atomic E-state index is 12.5. The average molecular weight is 378 g/mol. The van der Waals surface area contributed by atoms with Gasteiger partial charge in [-0.3, -0.25) is 4.98 Å². The van der Waals surface area contributed by atoms with Gasteiger partial charge in [-0.15, -0.1) is 0 Å². The molecule has 1 aromatic heterocycles. The number of hydrogen-bond donors (Lipinski definition) is 0. The van der Waals surface area contributed by atoms with Crippen LogP contribution in [0.5, 0.6) is 0 Å². The van der Waals surface area contributed by atoms with Crippen molar-refractivity contribution in [3.8, 4) is 22.4 Å². The topological polar surface area (TPSA) is 47.0 Å². The van der Waals surface area contributed by atoms with Gasteiger partial charge in [0.05, 0.1) is 10.7 Å². The summed E-state index contributed by atoms with van der Waals surface area (Å²) in [6.07, 6.45) is 2.63. The molecule has 0 unspecified atom stereocenters. The van der Waals surface area contributed by atoms with Gasteiger partial charge >= 0.3 is 0 Å². The molecule has 2 aromatic carbocycles. The molecule has 24 heavy (non-hydrogen) atoms. The second kappa shape index (κ2) is 6.55. The smallest absolute Gasteiger partial charge is 0.178 e. The Morgan fingerprint density at radius 2 is 1.50 bits per heavy atom. The molecule has 0 saturated heterocycles. The van der Waals surface area contributed by atoms with Crippen molar-refractivity contribution in [3.05, 3.63) is 70.8 Å². The van der Waals surface area contributed by atoms with Crippen LogP contribution in [0.25, 0.3) is 22.4 Å². The molecular weight excluding hydrogens is 365 g/mol. The first-order valence-electron chi connectivity index (χ1n) is 7.08. The van der Waals surface area contributed by atoms with E-state index in [0.29, 0.717) is 26.9 Å². The minimum Gasteiger partial charge on any atom is -0.253 e. The lowest BCUT2D eigenvalue weighted by Gasteiger charge is -2.15. The predicted molar refractivity (Wildman–Crippen MR) is 98.2 cm³/mol. The molecule has 122 valence electrons. The largest absolute Gasteiger partial charge is 0.253 e. The highest BCUT2D eigenvalue weighted by Gasteiger charge is 2.24. The summed E-state index contributed by atoms with van der Waals surface area (Å²) in [4.78, 5) is 4.39. The Kier molecular flexibility index (Phi) is 4.63. The van der Waals surface area contributed by atoms with Crippen molar-refractivity contribution >= 4 is 33.0 Å². The lowest BCUT2D eigenvalue weighted by Crippen LogP contribution is -2.05. The molecule has 1 heterocycles. The van der Waals surface area contributed by atoms with E-state index in [1.54, 1.807) is 24.3 Å². The normalized spacial score (nSPS) is 11.5. The van der Waals surface area contributed by atoms with Crippen LogP contribution < -0.4 is 0 Å². The van der Waals surface area contributed by atoms with Gasteiger partial charge in [0, 0.05) is 28.6 Å². The third kappa shape index (κ3) is 3.31. The van der Waals surface area contributed by atoms with Gasteiger partial charge in [0.1, 0.15) is 4.90 Å². The number of rotatable bonds is 3. The molecule has 3 nitrogen and oxygen atoms in total. The molecule has 6 heteroatoms. The molecule has 0 aliphatic heterocycles. The lowest BCUT2D eigenvalue weighted by atomic mass is 10.0. The fraction of sp³-hybridized carbons (Fsp3) is 0.0556. The number of pyridine rings is 1. The maximum Gasteiger partial charge on any atom is 0.178 e. The molecule has 3 rings (SSSR count). The summed E-state index contributed by atoms with van der Waals surface area (Å²) in [5, 5.41) is 0.858. The van der Waals surface area contributed by atoms with Gasteiger partial charge in [-0.1, -0.05) is 65.7 Å². The van der Waals surface area contributed by atoms with E-state index in [4.69, 9.17) is 23.2 Å². The quantitative estimate of drug-likeness (QED) is 0.635. The van der Waals surface area contributed by atoms with E-state index in [1.807, 2.05) is 30.3 Å². The number of halogens is 2. The van der Waals surface area contributed by atoms with Crippen LogP contribution in [-0.4, -0.2) is 19.7 Å². The third-order valence-electron chi connectivity index (χ3n) is 3.54. The van der Waals surface area contributed by atoms with Crippen molar-refractivity contribution in [2.45, 2.75) is 4.90 Å². The van der Waals surface area contributed by atoms with Gasteiger partial charge in [-0.2, -0.15) is 0 Å². The second-order valence-corrected chi connectivity index (χ2v) is 8.10. The molecule has 0 atom stereocenters. The summed E-state index contributed by atoms with van der Waals surface area (Å²) >= 11 is 12.2. The molecule has 0 bridgehead atoms. The highest BCUT2D eigenvalue weighted by Crippen LogP contribution is 2.39. The van der Waals surface area contributed by atoms with Crippen LogP contribution in [0.1, 0.15) is 0 Å². The summed E-state index contributed by atoms with van der Waals surface area (Å²) in [6.45, 7) is 0. The van der Waals surface area contributed by atoms with Gasteiger partial charge in [-0.05, 0) is 17.7 Å². The van der Waals surface area contributed by atoms with Crippen LogP contribution >= 0.6 is 23.2 Å². The highest BCUT2D eigenvalue weighted by molar-refractivity contribution is 7.91. The number of benzene rings is 2. The zero-order valence-electron chi connectivity index (χ0n) is 12.7. The molecule has 0 fully saturated rings. The van der Waals surface area contributed by atoms with Crippen molar-refractivity contribution in [2.75, 3.05) is 6.26 Å². The van der Waals surface area contributed by atoms with Gasteiger partial charge in [0.25, 0.3) is 0 Å². The van der Waals surface area contributed by atoms with E-state index in [0.717, 1.165) is 11.8 Å². The summed E-state index contributed by atoms with van der Waals surface area (Å²) in [6, 6.07) is 16.0. The summed E-state index contributed by atoms with van der Waals surface area (Å²) < 4.78 is 25.0. The molecule has 0 aliphatic rings. The van der Waals surface area contributed by atoms with E-state index in [-0.39, 0.29) is 4.90 Å². The van der Waals surface area contributed by atoms with Crippen molar-refractivity contribution in [2.24, 2.45) is 0 Å². The molecule has 0 amide bonds. The van der Waals surface area contributed by atoms with Gasteiger partial charge in [0.2, 0.25) is 0 Å². The average Bonchev–Trinajstić information content (AvgIpc) is 2.55. The Morgan fingerprint density at radius 3 is 2.08 bits per heavy atom. The minimum atomic E-state index is -3.57. The molecule has 0 aliphatic carbocycles. The Labute approximate surface area is 150 Å². The van der Waals surface area contributed by atoms with Crippen molar-refractivity contribution < 1.29 is 8.42 Å². The molecule has 0 spiro atoms. The molecule has 0 saturated carbocycles. The first-order chi connectivity index (χ1) is 11.4. The van der Waals surface area contributed by atoms with Crippen LogP contribution in [0.2, 0.25) is 10.0 Å². The van der Waals surface area contributed by atoms with Crippen molar-refractivity contribution in [1.82, 2.24) is 4.98 Å². The van der Waals surface area contributed by atoms with E-state index in [2.05, 4.69) is 4.98 Å². The second-order valence-electron chi connectivity index (χ2n) is 5.30. The Balaban J connectivity index is 2.38. The van der Waals surface area contributed by atoms with Gasteiger partial charge in [-0.25, -0.2) is 8.42 Å². The van der Waals surface area contributed by atoms with E-state index >= 15 is 0 Å². The highest BCUT2D eigenvalue weighted by atomic mass is 35.5. The minimum absolute atomic E-state index is 0.114. The Bertz CT molecular complexity index is 986. The summed E-state index contributed by atoms with van der Waals surface area (Å²) in [5.41, 5.74) is 2.20. The van der Waals surface area contributed by atoms with Crippen LogP contribution in [0.15, 0.2) is 65.7 Å². The van der Waals surface area contributed by atoms with Gasteiger partial charge < -0.3 is 0 Å². The van der Waals surface area contributed by atoms with Crippen LogP contribution in [0.3, 0.4) is 0 Å². The molecule has 0 N–H and O–H groups in total. The fourth-order valence-corrected chi connectivity index (χ4v) is 4.07. The zero-order chi connectivity index (χ0) is 17.3. The third-order valence-corrected chi connectivity index (χ3v) is 5.22. The molecule has 0 radical (unpaired) electrons.